The lowest BCUT2D eigenvalue weighted by molar-refractivity contribution is 0.102. The fraction of sp³-hybridized carbons (Fsp3) is 0.125. The van der Waals surface area contributed by atoms with Gasteiger partial charge in [-0.3, -0.25) is 10.1 Å². The van der Waals surface area contributed by atoms with Crippen LogP contribution in [0, 0.1) is 0 Å². The average molecular weight is 393 g/mol. The Labute approximate surface area is 145 Å². The molecular formula is C16H13BrN2OS2. The Balaban J connectivity index is 1.77. The van der Waals surface area contributed by atoms with E-state index in [2.05, 4.69) is 33.2 Å². The number of thiazole rings is 1. The van der Waals surface area contributed by atoms with Crippen molar-refractivity contribution < 1.29 is 4.79 Å². The molecule has 1 heterocycles. The van der Waals surface area contributed by atoms with Crippen LogP contribution in [0.2, 0.25) is 0 Å². The van der Waals surface area contributed by atoms with Gasteiger partial charge in [0.05, 0.1) is 10.2 Å². The average Bonchev–Trinajstić information content (AvgIpc) is 2.89. The topological polar surface area (TPSA) is 42.0 Å². The number of benzene rings is 2. The number of halogens is 1. The van der Waals surface area contributed by atoms with Gasteiger partial charge >= 0.3 is 0 Å². The fourth-order valence-corrected chi connectivity index (χ4v) is 4.07. The summed E-state index contributed by atoms with van der Waals surface area (Å²) in [4.78, 5) is 17.9. The second kappa shape index (κ2) is 6.81. The van der Waals surface area contributed by atoms with Gasteiger partial charge in [-0.2, -0.15) is 0 Å². The molecule has 22 heavy (non-hydrogen) atoms. The maximum Gasteiger partial charge on any atom is 0.257 e. The predicted octanol–water partition coefficient (Wildman–Crippen LogP) is 5.42. The summed E-state index contributed by atoms with van der Waals surface area (Å²) in [7, 11) is 0. The van der Waals surface area contributed by atoms with Crippen molar-refractivity contribution in [2.24, 2.45) is 0 Å². The molecule has 0 spiro atoms. The zero-order valence-corrected chi connectivity index (χ0v) is 15.0. The number of amides is 1. The summed E-state index contributed by atoms with van der Waals surface area (Å²) in [5.41, 5.74) is 1.53. The number of thioether (sulfide) groups is 1. The molecule has 0 radical (unpaired) electrons. The smallest absolute Gasteiger partial charge is 0.257 e. The predicted molar refractivity (Wildman–Crippen MR) is 98.1 cm³/mol. The number of nitrogens with one attached hydrogen (secondary N) is 1. The van der Waals surface area contributed by atoms with E-state index in [1.807, 2.05) is 42.5 Å². The van der Waals surface area contributed by atoms with E-state index in [0.29, 0.717) is 10.7 Å². The van der Waals surface area contributed by atoms with Crippen LogP contribution in [-0.2, 0) is 0 Å². The van der Waals surface area contributed by atoms with E-state index < -0.39 is 0 Å². The molecule has 3 nitrogen and oxygen atoms in total. The summed E-state index contributed by atoms with van der Waals surface area (Å²) in [5.74, 6) is 0.887. The third kappa shape index (κ3) is 3.51. The first-order chi connectivity index (χ1) is 10.7. The van der Waals surface area contributed by atoms with Crippen LogP contribution in [0.4, 0.5) is 5.13 Å². The van der Waals surface area contributed by atoms with E-state index in [-0.39, 0.29) is 5.91 Å². The van der Waals surface area contributed by atoms with Gasteiger partial charge in [-0.05, 0) is 48.2 Å². The Hall–Kier alpha value is -1.37. The van der Waals surface area contributed by atoms with Gasteiger partial charge in [0.2, 0.25) is 0 Å². The molecule has 0 atom stereocenters. The van der Waals surface area contributed by atoms with Crippen LogP contribution in [0.15, 0.2) is 51.8 Å². The highest BCUT2D eigenvalue weighted by molar-refractivity contribution is 9.10. The van der Waals surface area contributed by atoms with Crippen LogP contribution in [0.25, 0.3) is 10.2 Å². The molecule has 0 unspecified atom stereocenters. The highest BCUT2D eigenvalue weighted by atomic mass is 79.9. The van der Waals surface area contributed by atoms with Crippen molar-refractivity contribution in [2.45, 2.75) is 11.8 Å². The van der Waals surface area contributed by atoms with Gasteiger partial charge in [-0.25, -0.2) is 4.98 Å². The zero-order valence-electron chi connectivity index (χ0n) is 11.8. The van der Waals surface area contributed by atoms with Crippen molar-refractivity contribution in [3.05, 3.63) is 52.5 Å². The Kier molecular flexibility index (Phi) is 4.81. The number of aromatic nitrogens is 1. The minimum Gasteiger partial charge on any atom is -0.298 e. The van der Waals surface area contributed by atoms with Gasteiger partial charge in [0.15, 0.2) is 5.13 Å². The van der Waals surface area contributed by atoms with Crippen molar-refractivity contribution in [3.8, 4) is 0 Å². The second-order valence-corrected chi connectivity index (χ2v) is 7.83. The zero-order chi connectivity index (χ0) is 15.5. The van der Waals surface area contributed by atoms with E-state index >= 15 is 0 Å². The second-order valence-electron chi connectivity index (χ2n) is 4.54. The van der Waals surface area contributed by atoms with Crippen LogP contribution in [0.3, 0.4) is 0 Å². The highest BCUT2D eigenvalue weighted by Crippen LogP contribution is 2.28. The van der Waals surface area contributed by atoms with Crippen molar-refractivity contribution in [1.82, 2.24) is 4.98 Å². The number of fused-ring (bicyclic) bond motifs is 1. The van der Waals surface area contributed by atoms with Crippen LogP contribution in [0.5, 0.6) is 0 Å². The first-order valence-corrected chi connectivity index (χ1v) is 9.35. The molecule has 3 aromatic rings. The summed E-state index contributed by atoms with van der Waals surface area (Å²) < 4.78 is 2.05. The van der Waals surface area contributed by atoms with Gasteiger partial charge in [-0.1, -0.05) is 34.2 Å². The molecule has 1 amide bonds. The Bertz CT molecular complexity index is 815. The lowest BCUT2D eigenvalue weighted by Crippen LogP contribution is -2.11. The molecule has 0 bridgehead atoms. The van der Waals surface area contributed by atoms with E-state index in [1.54, 1.807) is 11.8 Å². The SMILES string of the molecule is CCSc1ccc(C(=O)Nc2nc3ccc(Br)cc3s2)cc1. The summed E-state index contributed by atoms with van der Waals surface area (Å²) in [6.45, 7) is 2.11. The highest BCUT2D eigenvalue weighted by Gasteiger charge is 2.10. The molecule has 0 aliphatic heterocycles. The first-order valence-electron chi connectivity index (χ1n) is 6.76. The molecule has 2 aromatic carbocycles. The largest absolute Gasteiger partial charge is 0.298 e. The Morgan fingerprint density at radius 1 is 1.27 bits per heavy atom. The molecule has 0 aliphatic rings. The maximum atomic E-state index is 12.3. The number of carbonyl (C=O) groups excluding carboxylic acids is 1. The minimum atomic E-state index is -0.133. The molecule has 0 saturated heterocycles. The van der Waals surface area contributed by atoms with Crippen molar-refractivity contribution in [3.63, 3.8) is 0 Å². The van der Waals surface area contributed by atoms with Crippen molar-refractivity contribution >= 4 is 60.3 Å². The Morgan fingerprint density at radius 2 is 2.05 bits per heavy atom. The third-order valence-corrected chi connectivity index (χ3v) is 5.32. The lowest BCUT2D eigenvalue weighted by Gasteiger charge is -2.03. The van der Waals surface area contributed by atoms with Crippen molar-refractivity contribution in [1.29, 1.82) is 0 Å². The molecule has 6 heteroatoms. The first kappa shape index (κ1) is 15.5. The van der Waals surface area contributed by atoms with Gasteiger partial charge in [0.25, 0.3) is 5.91 Å². The number of anilines is 1. The molecule has 1 N–H and O–H groups in total. The van der Waals surface area contributed by atoms with Gasteiger partial charge in [-0.15, -0.1) is 11.8 Å². The van der Waals surface area contributed by atoms with E-state index in [4.69, 9.17) is 0 Å². The number of rotatable bonds is 4. The molecule has 3 rings (SSSR count). The van der Waals surface area contributed by atoms with Gasteiger partial charge < -0.3 is 0 Å². The molecule has 0 saturated carbocycles. The lowest BCUT2D eigenvalue weighted by atomic mass is 10.2. The van der Waals surface area contributed by atoms with Gasteiger partial charge in [0.1, 0.15) is 0 Å². The van der Waals surface area contributed by atoms with Crippen molar-refractivity contribution in [2.75, 3.05) is 11.1 Å². The summed E-state index contributed by atoms with van der Waals surface area (Å²) >= 11 is 6.66. The molecular weight excluding hydrogens is 380 g/mol. The number of hydrogen-bond donors (Lipinski definition) is 1. The normalized spacial score (nSPS) is 10.8. The number of nitrogens with zero attached hydrogens (tertiary/aromatic N) is 1. The van der Waals surface area contributed by atoms with Crippen LogP contribution in [-0.4, -0.2) is 16.6 Å². The number of hydrogen-bond acceptors (Lipinski definition) is 4. The summed E-state index contributed by atoms with van der Waals surface area (Å²) in [5, 5.41) is 3.48. The third-order valence-electron chi connectivity index (χ3n) is 3.00. The van der Waals surface area contributed by atoms with E-state index in [9.17, 15) is 4.79 Å². The summed E-state index contributed by atoms with van der Waals surface area (Å²) in [6, 6.07) is 13.5. The number of carbonyl (C=O) groups is 1. The molecule has 112 valence electrons. The van der Waals surface area contributed by atoms with Crippen LogP contribution < -0.4 is 5.32 Å². The fourth-order valence-electron chi connectivity index (χ4n) is 1.99. The van der Waals surface area contributed by atoms with Crippen LogP contribution >= 0.6 is 39.0 Å². The molecule has 1 aromatic heterocycles. The maximum absolute atomic E-state index is 12.3. The minimum absolute atomic E-state index is 0.133. The summed E-state index contributed by atoms with van der Waals surface area (Å²) in [6.07, 6.45) is 0. The van der Waals surface area contributed by atoms with E-state index in [0.717, 1.165) is 20.4 Å². The van der Waals surface area contributed by atoms with Gasteiger partial charge in [0, 0.05) is 14.9 Å². The monoisotopic (exact) mass is 392 g/mol. The quantitative estimate of drug-likeness (QED) is 0.602. The molecule has 0 fully saturated rings. The molecule has 0 aliphatic carbocycles. The van der Waals surface area contributed by atoms with E-state index in [1.165, 1.54) is 16.2 Å². The van der Waals surface area contributed by atoms with Crippen LogP contribution in [0.1, 0.15) is 17.3 Å². The Morgan fingerprint density at radius 3 is 2.77 bits per heavy atom. The standard InChI is InChI=1S/C16H13BrN2OS2/c1-2-21-12-6-3-10(4-7-12)15(20)19-16-18-13-8-5-11(17)9-14(13)22-16/h3-9H,2H2,1H3,(H,18,19,20).